The first-order valence-corrected chi connectivity index (χ1v) is 4.05. The number of carbonyl (C=O) groups is 1. The van der Waals surface area contributed by atoms with Crippen molar-refractivity contribution >= 4 is 39.7 Å². The zero-order valence-electron chi connectivity index (χ0n) is 5.33. The number of carbonyl (C=O) groups excluding carboxylic acids is 2. The van der Waals surface area contributed by atoms with Crippen LogP contribution in [0.1, 0.15) is 5.56 Å². The van der Waals surface area contributed by atoms with E-state index < -0.39 is 5.24 Å². The third kappa shape index (κ3) is 1.77. The molecule has 0 saturated heterocycles. The molecule has 0 fully saturated rings. The minimum absolute atomic E-state index is 0.104. The standard InChI is InChI=1S/C7H3ClO2S/c8-7(10)6(3-9)5-1-2-11-4-5/h1-2,4H. The Morgan fingerprint density at radius 2 is 2.36 bits per heavy atom. The minimum atomic E-state index is -0.765. The lowest BCUT2D eigenvalue weighted by Gasteiger charge is -1.88. The highest BCUT2D eigenvalue weighted by atomic mass is 35.5. The van der Waals surface area contributed by atoms with E-state index in [1.807, 2.05) is 0 Å². The number of thiophene rings is 1. The number of rotatable bonds is 2. The summed E-state index contributed by atoms with van der Waals surface area (Å²) in [7, 11) is 0. The van der Waals surface area contributed by atoms with Crippen molar-refractivity contribution in [3.8, 4) is 0 Å². The summed E-state index contributed by atoms with van der Waals surface area (Å²) in [5.74, 6) is 1.50. The van der Waals surface area contributed by atoms with E-state index >= 15 is 0 Å². The molecule has 0 aliphatic heterocycles. The molecule has 0 unspecified atom stereocenters. The topological polar surface area (TPSA) is 34.1 Å². The Morgan fingerprint density at radius 3 is 2.73 bits per heavy atom. The molecule has 2 nitrogen and oxygen atoms in total. The van der Waals surface area contributed by atoms with E-state index in [1.54, 1.807) is 16.8 Å². The highest BCUT2D eigenvalue weighted by Crippen LogP contribution is 2.16. The van der Waals surface area contributed by atoms with E-state index in [2.05, 4.69) is 0 Å². The molecule has 0 bridgehead atoms. The van der Waals surface area contributed by atoms with Crippen molar-refractivity contribution in [2.45, 2.75) is 0 Å². The Morgan fingerprint density at radius 1 is 1.64 bits per heavy atom. The molecular weight excluding hydrogens is 184 g/mol. The van der Waals surface area contributed by atoms with Gasteiger partial charge in [0.2, 0.25) is 0 Å². The molecule has 0 aliphatic carbocycles. The fourth-order valence-corrected chi connectivity index (χ4v) is 1.41. The van der Waals surface area contributed by atoms with E-state index in [4.69, 9.17) is 11.6 Å². The molecule has 0 atom stereocenters. The second-order valence-electron chi connectivity index (χ2n) is 1.76. The smallest absolute Gasteiger partial charge is 0.264 e. The molecule has 0 radical (unpaired) electrons. The van der Waals surface area contributed by atoms with Gasteiger partial charge in [-0.05, 0) is 28.4 Å². The predicted octanol–water partition coefficient (Wildman–Crippen LogP) is 1.73. The number of halogens is 1. The van der Waals surface area contributed by atoms with Gasteiger partial charge in [-0.3, -0.25) is 4.79 Å². The Bertz CT molecular complexity index is 309. The summed E-state index contributed by atoms with van der Waals surface area (Å²) in [4.78, 5) is 20.7. The molecule has 0 spiro atoms. The first kappa shape index (κ1) is 8.21. The van der Waals surface area contributed by atoms with Gasteiger partial charge in [-0.25, -0.2) is 4.79 Å². The molecule has 11 heavy (non-hydrogen) atoms. The zero-order chi connectivity index (χ0) is 8.27. The maximum absolute atomic E-state index is 10.5. The van der Waals surface area contributed by atoms with Crippen LogP contribution in [-0.4, -0.2) is 11.2 Å². The summed E-state index contributed by atoms with van der Waals surface area (Å²) >= 11 is 6.49. The van der Waals surface area contributed by atoms with Crippen LogP contribution in [0.3, 0.4) is 0 Å². The highest BCUT2D eigenvalue weighted by molar-refractivity contribution is 7.08. The number of hydrogen-bond acceptors (Lipinski definition) is 3. The molecule has 1 aromatic heterocycles. The lowest BCUT2D eigenvalue weighted by molar-refractivity contribution is -0.106. The molecule has 0 amide bonds. The van der Waals surface area contributed by atoms with Gasteiger partial charge >= 0.3 is 0 Å². The van der Waals surface area contributed by atoms with Crippen molar-refractivity contribution in [1.29, 1.82) is 0 Å². The first-order valence-electron chi connectivity index (χ1n) is 2.73. The van der Waals surface area contributed by atoms with Gasteiger partial charge in [0.25, 0.3) is 5.24 Å². The molecule has 0 saturated carbocycles. The van der Waals surface area contributed by atoms with E-state index in [-0.39, 0.29) is 5.57 Å². The summed E-state index contributed by atoms with van der Waals surface area (Å²) in [6.07, 6.45) is 0. The molecule has 0 aromatic carbocycles. The van der Waals surface area contributed by atoms with E-state index in [1.165, 1.54) is 17.3 Å². The highest BCUT2D eigenvalue weighted by Gasteiger charge is 2.09. The summed E-state index contributed by atoms with van der Waals surface area (Å²) < 4.78 is 0. The molecule has 0 aliphatic rings. The predicted molar refractivity (Wildman–Crippen MR) is 44.3 cm³/mol. The Hall–Kier alpha value is -0.890. The molecule has 1 rings (SSSR count). The number of hydrogen-bond donors (Lipinski definition) is 0. The van der Waals surface area contributed by atoms with Gasteiger partial charge in [0.1, 0.15) is 11.5 Å². The van der Waals surface area contributed by atoms with Crippen molar-refractivity contribution in [2.24, 2.45) is 0 Å². The van der Waals surface area contributed by atoms with Gasteiger partial charge in [0.05, 0.1) is 0 Å². The maximum atomic E-state index is 10.5. The van der Waals surface area contributed by atoms with E-state index in [9.17, 15) is 9.59 Å². The molecule has 1 aromatic rings. The van der Waals surface area contributed by atoms with Crippen molar-refractivity contribution < 1.29 is 9.59 Å². The van der Waals surface area contributed by atoms with E-state index in [0.717, 1.165) is 0 Å². The Balaban J connectivity index is 3.09. The van der Waals surface area contributed by atoms with Crippen molar-refractivity contribution in [1.82, 2.24) is 0 Å². The largest absolute Gasteiger partial charge is 0.275 e. The molecule has 56 valence electrons. The zero-order valence-corrected chi connectivity index (χ0v) is 6.91. The van der Waals surface area contributed by atoms with Crippen LogP contribution in [0, 0.1) is 0 Å². The summed E-state index contributed by atoms with van der Waals surface area (Å²) in [6, 6.07) is 1.64. The van der Waals surface area contributed by atoms with Crippen LogP contribution in [0.25, 0.3) is 5.57 Å². The Labute approximate surface area is 72.1 Å². The van der Waals surface area contributed by atoms with Crippen LogP contribution in [-0.2, 0) is 9.59 Å². The second kappa shape index (κ2) is 3.49. The number of allylic oxidation sites excluding steroid dienone is 1. The van der Waals surface area contributed by atoms with Gasteiger partial charge in [-0.15, -0.1) is 0 Å². The van der Waals surface area contributed by atoms with Crippen LogP contribution in [0.4, 0.5) is 0 Å². The third-order valence-electron chi connectivity index (χ3n) is 1.11. The van der Waals surface area contributed by atoms with Crippen LogP contribution < -0.4 is 0 Å². The first-order chi connectivity index (χ1) is 5.25. The quantitative estimate of drug-likeness (QED) is 0.401. The normalized spacial score (nSPS) is 8.82. The maximum Gasteiger partial charge on any atom is 0.264 e. The van der Waals surface area contributed by atoms with Gasteiger partial charge in [0, 0.05) is 5.56 Å². The average molecular weight is 187 g/mol. The molecule has 0 N–H and O–H groups in total. The van der Waals surface area contributed by atoms with Gasteiger partial charge in [0.15, 0.2) is 0 Å². The van der Waals surface area contributed by atoms with Crippen molar-refractivity contribution in [3.05, 3.63) is 22.4 Å². The third-order valence-corrected chi connectivity index (χ3v) is 1.98. The molecule has 4 heteroatoms. The second-order valence-corrected chi connectivity index (χ2v) is 2.89. The fourth-order valence-electron chi connectivity index (χ4n) is 0.619. The van der Waals surface area contributed by atoms with Crippen LogP contribution in [0.2, 0.25) is 0 Å². The lowest BCUT2D eigenvalue weighted by atomic mass is 10.2. The lowest BCUT2D eigenvalue weighted by Crippen LogP contribution is -1.91. The van der Waals surface area contributed by atoms with Crippen LogP contribution in [0.5, 0.6) is 0 Å². The SMILES string of the molecule is O=C=C(C(=O)Cl)c1ccsc1. The molecular formula is C7H3ClO2S. The monoisotopic (exact) mass is 186 g/mol. The Kier molecular flexibility index (Phi) is 2.60. The molecule has 1 heterocycles. The average Bonchev–Trinajstić information content (AvgIpc) is 2.40. The van der Waals surface area contributed by atoms with Crippen molar-refractivity contribution in [2.75, 3.05) is 0 Å². The minimum Gasteiger partial charge on any atom is -0.275 e. The summed E-state index contributed by atoms with van der Waals surface area (Å²) in [6.45, 7) is 0. The summed E-state index contributed by atoms with van der Waals surface area (Å²) in [5, 5.41) is 2.66. The summed E-state index contributed by atoms with van der Waals surface area (Å²) in [5.41, 5.74) is 0.429. The van der Waals surface area contributed by atoms with Crippen LogP contribution >= 0.6 is 22.9 Å². The van der Waals surface area contributed by atoms with Gasteiger partial charge < -0.3 is 0 Å². The van der Waals surface area contributed by atoms with Crippen LogP contribution in [0.15, 0.2) is 16.8 Å². The van der Waals surface area contributed by atoms with Crippen molar-refractivity contribution in [3.63, 3.8) is 0 Å². The van der Waals surface area contributed by atoms with Gasteiger partial charge in [-0.1, -0.05) is 0 Å². The fraction of sp³-hybridized carbons (Fsp3) is 0. The van der Waals surface area contributed by atoms with E-state index in [0.29, 0.717) is 5.56 Å². The van der Waals surface area contributed by atoms with Gasteiger partial charge in [-0.2, -0.15) is 11.3 Å².